The van der Waals surface area contributed by atoms with E-state index in [1.807, 2.05) is 0 Å². The molecule has 3 N–H and O–H groups in total. The zero-order valence-electron chi connectivity index (χ0n) is 10.6. The molecule has 0 aliphatic rings. The van der Waals surface area contributed by atoms with Gasteiger partial charge in [0.15, 0.2) is 0 Å². The second kappa shape index (κ2) is 5.13. The molecule has 7 heteroatoms. The lowest BCUT2D eigenvalue weighted by atomic mass is 9.84. The fraction of sp³-hybridized carbons (Fsp3) is 0.143. The molecule has 3 nitrogen and oxygen atoms in total. The molecule has 0 aliphatic heterocycles. The number of benzene rings is 1. The summed E-state index contributed by atoms with van der Waals surface area (Å²) in [5.41, 5.74) is 0.647. The molecule has 0 saturated heterocycles. The van der Waals surface area contributed by atoms with Gasteiger partial charge in [-0.15, -0.1) is 0 Å². The first-order valence-electron chi connectivity index (χ1n) is 5.75. The van der Waals surface area contributed by atoms with Gasteiger partial charge in [-0.05, 0) is 30.3 Å². The van der Waals surface area contributed by atoms with E-state index >= 15 is 0 Å². The second-order valence-corrected chi connectivity index (χ2v) is 4.83. The number of nitrogens with two attached hydrogens (primary N) is 1. The highest BCUT2D eigenvalue weighted by Gasteiger charge is 2.58. The summed E-state index contributed by atoms with van der Waals surface area (Å²) in [5.74, 6) is -0.200. The Bertz CT molecular complexity index is 667. The molecule has 0 aliphatic carbocycles. The van der Waals surface area contributed by atoms with E-state index in [-0.39, 0.29) is 16.5 Å². The summed E-state index contributed by atoms with van der Waals surface area (Å²) >= 11 is 5.72. The largest absolute Gasteiger partial charge is 0.465 e. The Kier molecular flexibility index (Phi) is 3.78. The molecule has 0 saturated carbocycles. The Morgan fingerprint density at radius 3 is 2.48 bits per heavy atom. The van der Waals surface area contributed by atoms with E-state index in [1.165, 1.54) is 30.5 Å². The van der Waals surface area contributed by atoms with Gasteiger partial charge in [0, 0.05) is 21.8 Å². The first-order chi connectivity index (χ1) is 9.68. The molecule has 1 aromatic heterocycles. The monoisotopic (exact) mass is 317 g/mol. The lowest BCUT2D eigenvalue weighted by Crippen LogP contribution is -2.43. The van der Waals surface area contributed by atoms with Gasteiger partial charge in [-0.25, -0.2) is 0 Å². The molecule has 0 radical (unpaired) electrons. The van der Waals surface area contributed by atoms with Crippen molar-refractivity contribution in [1.29, 1.82) is 0 Å². The lowest BCUT2D eigenvalue weighted by molar-refractivity contribution is -0.240. The molecule has 112 valence electrons. The SMILES string of the molecule is C=C(c1ccco1)C(O)(c1cc(Cl)ccc1N)C(F)(F)F. The maximum Gasteiger partial charge on any atom is 0.425 e. The zero-order chi connectivity index (χ0) is 15.8. The van der Waals surface area contributed by atoms with Crippen LogP contribution >= 0.6 is 11.6 Å². The number of nitrogen functional groups attached to an aromatic ring is 1. The minimum Gasteiger partial charge on any atom is -0.465 e. The van der Waals surface area contributed by atoms with Crippen LogP contribution in [0.1, 0.15) is 11.3 Å². The quantitative estimate of drug-likeness (QED) is 0.842. The molecule has 0 amide bonds. The summed E-state index contributed by atoms with van der Waals surface area (Å²) in [6, 6.07) is 6.12. The van der Waals surface area contributed by atoms with Crippen molar-refractivity contribution in [2.75, 3.05) is 5.73 Å². The van der Waals surface area contributed by atoms with Gasteiger partial charge >= 0.3 is 6.18 Å². The average molecular weight is 318 g/mol. The van der Waals surface area contributed by atoms with E-state index in [0.29, 0.717) is 0 Å². The van der Waals surface area contributed by atoms with Crippen molar-refractivity contribution in [2.45, 2.75) is 11.8 Å². The normalized spacial score (nSPS) is 14.7. The van der Waals surface area contributed by atoms with Crippen LogP contribution in [-0.4, -0.2) is 11.3 Å². The number of hydrogen-bond donors (Lipinski definition) is 2. The van der Waals surface area contributed by atoms with Crippen LogP contribution in [0.25, 0.3) is 5.57 Å². The van der Waals surface area contributed by atoms with Crippen LogP contribution in [-0.2, 0) is 5.60 Å². The summed E-state index contributed by atoms with van der Waals surface area (Å²) in [4.78, 5) is 0. The van der Waals surface area contributed by atoms with Gasteiger partial charge in [0.25, 0.3) is 0 Å². The molecule has 2 rings (SSSR count). The average Bonchev–Trinajstić information content (AvgIpc) is 2.92. The van der Waals surface area contributed by atoms with E-state index in [9.17, 15) is 18.3 Å². The molecule has 1 heterocycles. The second-order valence-electron chi connectivity index (χ2n) is 4.40. The molecule has 1 aromatic carbocycles. The molecule has 21 heavy (non-hydrogen) atoms. The molecular formula is C14H11ClF3NO2. The van der Waals surface area contributed by atoms with Crippen molar-refractivity contribution in [3.8, 4) is 0 Å². The van der Waals surface area contributed by atoms with Gasteiger partial charge in [-0.3, -0.25) is 0 Å². The van der Waals surface area contributed by atoms with Gasteiger partial charge in [-0.1, -0.05) is 18.2 Å². The Balaban J connectivity index is 2.69. The van der Waals surface area contributed by atoms with Gasteiger partial charge in [0.05, 0.1) is 6.26 Å². The predicted octanol–water partition coefficient (Wildman–Crippen LogP) is 3.98. The summed E-state index contributed by atoms with van der Waals surface area (Å²) in [7, 11) is 0. The topological polar surface area (TPSA) is 59.4 Å². The van der Waals surface area contributed by atoms with Crippen molar-refractivity contribution in [2.24, 2.45) is 0 Å². The van der Waals surface area contributed by atoms with Crippen LogP contribution in [0.15, 0.2) is 47.6 Å². The summed E-state index contributed by atoms with van der Waals surface area (Å²) in [6.07, 6.45) is -3.88. The maximum absolute atomic E-state index is 13.5. The van der Waals surface area contributed by atoms with Crippen LogP contribution in [0, 0.1) is 0 Å². The fourth-order valence-corrected chi connectivity index (χ4v) is 2.13. The maximum atomic E-state index is 13.5. The van der Waals surface area contributed by atoms with Gasteiger partial charge < -0.3 is 15.3 Å². The lowest BCUT2D eigenvalue weighted by Gasteiger charge is -2.33. The molecule has 0 fully saturated rings. The Morgan fingerprint density at radius 1 is 1.29 bits per heavy atom. The Labute approximate surface area is 123 Å². The van der Waals surface area contributed by atoms with E-state index < -0.39 is 22.9 Å². The Hall–Kier alpha value is -1.92. The number of rotatable bonds is 3. The van der Waals surface area contributed by atoms with Crippen LogP contribution in [0.4, 0.5) is 18.9 Å². The highest BCUT2D eigenvalue weighted by molar-refractivity contribution is 6.30. The van der Waals surface area contributed by atoms with Crippen LogP contribution < -0.4 is 5.73 Å². The van der Waals surface area contributed by atoms with Crippen molar-refractivity contribution in [3.05, 3.63) is 59.5 Å². The smallest absolute Gasteiger partial charge is 0.425 e. The number of furan rings is 1. The van der Waals surface area contributed by atoms with E-state index in [4.69, 9.17) is 21.8 Å². The minimum absolute atomic E-state index is 0.00844. The number of halogens is 4. The first kappa shape index (κ1) is 15.5. The zero-order valence-corrected chi connectivity index (χ0v) is 11.4. The third-order valence-corrected chi connectivity index (χ3v) is 3.31. The predicted molar refractivity (Wildman–Crippen MR) is 73.6 cm³/mol. The van der Waals surface area contributed by atoms with Crippen LogP contribution in [0.5, 0.6) is 0 Å². The highest BCUT2D eigenvalue weighted by Crippen LogP contribution is 2.49. The van der Waals surface area contributed by atoms with Crippen molar-refractivity contribution >= 4 is 22.9 Å². The molecule has 0 bridgehead atoms. The van der Waals surface area contributed by atoms with Crippen molar-refractivity contribution in [3.63, 3.8) is 0 Å². The van der Waals surface area contributed by atoms with Gasteiger partial charge in [0.2, 0.25) is 5.60 Å². The fourth-order valence-electron chi connectivity index (χ4n) is 1.96. The minimum atomic E-state index is -5.06. The highest BCUT2D eigenvalue weighted by atomic mass is 35.5. The third-order valence-electron chi connectivity index (χ3n) is 3.07. The number of anilines is 1. The van der Waals surface area contributed by atoms with Crippen molar-refractivity contribution in [1.82, 2.24) is 0 Å². The van der Waals surface area contributed by atoms with Crippen LogP contribution in [0.2, 0.25) is 5.02 Å². The molecule has 0 spiro atoms. The number of hydrogen-bond acceptors (Lipinski definition) is 3. The Morgan fingerprint density at radius 2 is 1.95 bits per heavy atom. The summed E-state index contributed by atoms with van der Waals surface area (Å²) < 4.78 is 45.4. The van der Waals surface area contributed by atoms with E-state index in [2.05, 4.69) is 6.58 Å². The molecule has 2 aromatic rings. The summed E-state index contributed by atoms with van der Waals surface area (Å²) in [6.45, 7) is 3.32. The first-order valence-corrected chi connectivity index (χ1v) is 6.13. The van der Waals surface area contributed by atoms with E-state index in [1.54, 1.807) is 0 Å². The molecule has 1 atom stereocenters. The van der Waals surface area contributed by atoms with Crippen molar-refractivity contribution < 1.29 is 22.7 Å². The van der Waals surface area contributed by atoms with E-state index in [0.717, 1.165) is 6.07 Å². The number of aliphatic hydroxyl groups is 1. The number of alkyl halides is 3. The molecule has 1 unspecified atom stereocenters. The van der Waals surface area contributed by atoms with Crippen LogP contribution in [0.3, 0.4) is 0 Å². The summed E-state index contributed by atoms with van der Waals surface area (Å²) in [5, 5.41) is 10.3. The standard InChI is InChI=1S/C14H11ClF3NO2/c1-8(12-3-2-6-21-12)13(20,14(16,17)18)10-7-9(15)4-5-11(10)19/h2-7,20H,1,19H2. The third kappa shape index (κ3) is 2.52. The van der Waals surface area contributed by atoms with Gasteiger partial charge in [0.1, 0.15) is 5.76 Å². The van der Waals surface area contributed by atoms with Gasteiger partial charge in [-0.2, -0.15) is 13.2 Å². The molecular weight excluding hydrogens is 307 g/mol.